The van der Waals surface area contributed by atoms with Gasteiger partial charge in [0.2, 0.25) is 11.1 Å². The minimum Gasteiger partial charge on any atom is -0.341 e. The Morgan fingerprint density at radius 3 is 2.72 bits per heavy atom. The maximum Gasteiger partial charge on any atom is 0.235 e. The van der Waals surface area contributed by atoms with Crippen molar-refractivity contribution in [2.24, 2.45) is 0 Å². The van der Waals surface area contributed by atoms with Crippen molar-refractivity contribution in [1.29, 1.82) is 0 Å². The highest BCUT2D eigenvalue weighted by atomic mass is 32.2. The second-order valence-electron chi connectivity index (χ2n) is 6.10. The third-order valence-corrected chi connectivity index (χ3v) is 6.94. The number of nitrogens with zero attached hydrogens (tertiary/aromatic N) is 3. The van der Waals surface area contributed by atoms with E-state index >= 15 is 0 Å². The molecular weight excluding hydrogens is 360 g/mol. The first-order chi connectivity index (χ1) is 11.9. The minimum absolute atomic E-state index is 0.0471. The van der Waals surface area contributed by atoms with Gasteiger partial charge in [0.25, 0.3) is 0 Å². The summed E-state index contributed by atoms with van der Waals surface area (Å²) >= 11 is 1.26. The molecule has 2 atom stereocenters. The van der Waals surface area contributed by atoms with Gasteiger partial charge in [-0.05, 0) is 13.3 Å². The van der Waals surface area contributed by atoms with Crippen LogP contribution in [-0.4, -0.2) is 64.3 Å². The number of carbonyl (C=O) groups excluding carboxylic acids is 1. The summed E-state index contributed by atoms with van der Waals surface area (Å²) in [4.78, 5) is 18.5. The van der Waals surface area contributed by atoms with Gasteiger partial charge in [-0.25, -0.2) is 13.4 Å². The zero-order valence-electron chi connectivity index (χ0n) is 14.0. The van der Waals surface area contributed by atoms with Crippen LogP contribution in [0.1, 0.15) is 13.3 Å². The second-order valence-corrected chi connectivity index (χ2v) is 9.64. The number of H-pyrrole nitrogens is 1. The summed E-state index contributed by atoms with van der Waals surface area (Å²) in [6.07, 6.45) is 0.501. The first-order valence-corrected chi connectivity index (χ1v) is 10.7. The molecule has 1 aliphatic heterocycles. The van der Waals surface area contributed by atoms with Crippen LogP contribution in [0.15, 0.2) is 35.5 Å². The van der Waals surface area contributed by atoms with Crippen LogP contribution in [0.3, 0.4) is 0 Å². The van der Waals surface area contributed by atoms with Crippen LogP contribution in [0.4, 0.5) is 0 Å². The van der Waals surface area contributed by atoms with Crippen molar-refractivity contribution in [2.75, 3.05) is 18.6 Å². The third kappa shape index (κ3) is 4.21. The van der Waals surface area contributed by atoms with Crippen molar-refractivity contribution in [2.45, 2.75) is 29.8 Å². The Labute approximate surface area is 151 Å². The quantitative estimate of drug-likeness (QED) is 0.792. The summed E-state index contributed by atoms with van der Waals surface area (Å²) in [5, 5.41) is 7.13. The molecule has 0 unspecified atom stereocenters. The van der Waals surface area contributed by atoms with E-state index in [1.807, 2.05) is 30.3 Å². The van der Waals surface area contributed by atoms with E-state index in [0.29, 0.717) is 17.4 Å². The molecule has 0 spiro atoms. The first-order valence-electron chi connectivity index (χ1n) is 7.97. The van der Waals surface area contributed by atoms with Crippen molar-refractivity contribution < 1.29 is 13.2 Å². The molecule has 1 fully saturated rings. The minimum atomic E-state index is -3.02. The van der Waals surface area contributed by atoms with Crippen LogP contribution in [0.2, 0.25) is 0 Å². The van der Waals surface area contributed by atoms with Crippen molar-refractivity contribution in [3.8, 4) is 11.4 Å². The zero-order valence-corrected chi connectivity index (χ0v) is 15.7. The fraction of sp³-hybridized carbons (Fsp3) is 0.438. The molecule has 0 aliphatic carbocycles. The molecule has 1 aliphatic rings. The molecule has 1 aromatic heterocycles. The molecule has 2 aromatic rings. The van der Waals surface area contributed by atoms with Crippen LogP contribution in [0.5, 0.6) is 0 Å². The standard InChI is InChI=1S/C16H20N4O3S2/c1-11(15(21)20(2)13-8-9-25(22,23)10-13)24-16-17-14(18-19-16)12-6-4-3-5-7-12/h3-7,11,13H,8-10H2,1-2H3,(H,17,18,19)/t11-,13-/m0/s1. The van der Waals surface area contributed by atoms with Crippen molar-refractivity contribution in [3.05, 3.63) is 30.3 Å². The Hall–Kier alpha value is -1.87. The second kappa shape index (κ2) is 7.17. The number of sulfone groups is 1. The summed E-state index contributed by atoms with van der Waals surface area (Å²) in [5.41, 5.74) is 0.925. The van der Waals surface area contributed by atoms with E-state index in [2.05, 4.69) is 15.2 Å². The third-order valence-electron chi connectivity index (χ3n) is 4.25. The van der Waals surface area contributed by atoms with Gasteiger partial charge in [-0.2, -0.15) is 0 Å². The topological polar surface area (TPSA) is 96.0 Å². The summed E-state index contributed by atoms with van der Waals surface area (Å²) in [5.74, 6) is 0.736. The van der Waals surface area contributed by atoms with Gasteiger partial charge in [0.05, 0.1) is 16.8 Å². The Morgan fingerprint density at radius 2 is 2.08 bits per heavy atom. The van der Waals surface area contributed by atoms with E-state index in [1.165, 1.54) is 11.8 Å². The van der Waals surface area contributed by atoms with Crippen LogP contribution in [0, 0.1) is 0 Å². The number of hydrogen-bond donors (Lipinski definition) is 1. The van der Waals surface area contributed by atoms with E-state index in [4.69, 9.17) is 0 Å². The van der Waals surface area contributed by atoms with Gasteiger partial charge in [-0.3, -0.25) is 9.89 Å². The molecule has 1 aromatic carbocycles. The highest BCUT2D eigenvalue weighted by Crippen LogP contribution is 2.25. The molecule has 3 rings (SSSR count). The van der Waals surface area contributed by atoms with E-state index in [9.17, 15) is 13.2 Å². The SMILES string of the molecule is C[C@H](Sc1n[nH]c(-c2ccccc2)n1)C(=O)N(C)[C@H]1CCS(=O)(=O)C1. The predicted octanol–water partition coefficient (Wildman–Crippen LogP) is 1.60. The molecule has 9 heteroatoms. The molecule has 1 amide bonds. The fourth-order valence-electron chi connectivity index (χ4n) is 2.78. The number of aromatic amines is 1. The van der Waals surface area contributed by atoms with Crippen LogP contribution < -0.4 is 0 Å². The normalized spacial score (nSPS) is 20.3. The first kappa shape index (κ1) is 17.9. The molecule has 1 N–H and O–H groups in total. The Balaban J connectivity index is 1.63. The molecule has 7 nitrogen and oxygen atoms in total. The molecule has 25 heavy (non-hydrogen) atoms. The van der Waals surface area contributed by atoms with E-state index in [-0.39, 0.29) is 23.5 Å². The lowest BCUT2D eigenvalue weighted by atomic mass is 10.2. The average molecular weight is 380 g/mol. The summed E-state index contributed by atoms with van der Waals surface area (Å²) < 4.78 is 23.2. The Bertz CT molecular complexity index is 851. The molecule has 0 bridgehead atoms. The monoisotopic (exact) mass is 380 g/mol. The van der Waals surface area contributed by atoms with Gasteiger partial charge in [-0.1, -0.05) is 42.1 Å². The average Bonchev–Trinajstić information content (AvgIpc) is 3.20. The molecule has 134 valence electrons. The number of rotatable bonds is 5. The molecule has 2 heterocycles. The van der Waals surface area contributed by atoms with Crippen molar-refractivity contribution in [1.82, 2.24) is 20.1 Å². The van der Waals surface area contributed by atoms with Crippen molar-refractivity contribution >= 4 is 27.5 Å². The van der Waals surface area contributed by atoms with Gasteiger partial charge in [-0.15, -0.1) is 5.10 Å². The van der Waals surface area contributed by atoms with Gasteiger partial charge < -0.3 is 4.90 Å². The number of amides is 1. The summed E-state index contributed by atoms with van der Waals surface area (Å²) in [6, 6.07) is 9.38. The largest absolute Gasteiger partial charge is 0.341 e. The Morgan fingerprint density at radius 1 is 1.36 bits per heavy atom. The van der Waals surface area contributed by atoms with Gasteiger partial charge in [0, 0.05) is 18.7 Å². The van der Waals surface area contributed by atoms with E-state index in [1.54, 1.807) is 18.9 Å². The maximum absolute atomic E-state index is 12.6. The number of carbonyl (C=O) groups is 1. The van der Waals surface area contributed by atoms with Crippen molar-refractivity contribution in [3.63, 3.8) is 0 Å². The number of hydrogen-bond acceptors (Lipinski definition) is 6. The summed E-state index contributed by atoms with van der Waals surface area (Å²) in [6.45, 7) is 1.78. The lowest BCUT2D eigenvalue weighted by Gasteiger charge is -2.25. The van der Waals surface area contributed by atoms with Gasteiger partial charge >= 0.3 is 0 Å². The summed E-state index contributed by atoms with van der Waals surface area (Å²) in [7, 11) is -1.35. The van der Waals surface area contributed by atoms with Crippen LogP contribution in [0.25, 0.3) is 11.4 Å². The van der Waals surface area contributed by atoms with Gasteiger partial charge in [0.15, 0.2) is 15.7 Å². The Kier molecular flexibility index (Phi) is 5.14. The van der Waals surface area contributed by atoms with E-state index < -0.39 is 15.1 Å². The smallest absolute Gasteiger partial charge is 0.235 e. The lowest BCUT2D eigenvalue weighted by Crippen LogP contribution is -2.41. The molecular formula is C16H20N4O3S2. The fourth-order valence-corrected chi connectivity index (χ4v) is 5.38. The van der Waals surface area contributed by atoms with E-state index in [0.717, 1.165) is 5.56 Å². The van der Waals surface area contributed by atoms with Crippen LogP contribution >= 0.6 is 11.8 Å². The predicted molar refractivity (Wildman–Crippen MR) is 97.0 cm³/mol. The van der Waals surface area contributed by atoms with Crippen LogP contribution in [-0.2, 0) is 14.6 Å². The maximum atomic E-state index is 12.6. The number of aromatic nitrogens is 3. The number of thioether (sulfide) groups is 1. The highest BCUT2D eigenvalue weighted by Gasteiger charge is 2.34. The molecule has 0 radical (unpaired) electrons. The number of benzene rings is 1. The number of nitrogens with one attached hydrogen (secondary N) is 1. The lowest BCUT2D eigenvalue weighted by molar-refractivity contribution is -0.130. The van der Waals surface area contributed by atoms with Gasteiger partial charge in [0.1, 0.15) is 0 Å². The highest BCUT2D eigenvalue weighted by molar-refractivity contribution is 8.00. The molecule has 0 saturated carbocycles. The molecule has 1 saturated heterocycles. The zero-order chi connectivity index (χ0) is 18.0.